The van der Waals surface area contributed by atoms with Crippen LogP contribution in [0.1, 0.15) is 37.5 Å². The third-order valence-corrected chi connectivity index (χ3v) is 4.28. The van der Waals surface area contributed by atoms with Gasteiger partial charge in [-0.2, -0.15) is 0 Å². The van der Waals surface area contributed by atoms with Gasteiger partial charge in [0.1, 0.15) is 4.99 Å². The van der Waals surface area contributed by atoms with E-state index in [0.717, 1.165) is 27.6 Å². The van der Waals surface area contributed by atoms with Crippen molar-refractivity contribution in [3.8, 4) is 11.5 Å². The van der Waals surface area contributed by atoms with Gasteiger partial charge in [0, 0.05) is 12.1 Å². The summed E-state index contributed by atoms with van der Waals surface area (Å²) in [5.74, 6) is 1.60. The van der Waals surface area contributed by atoms with E-state index in [9.17, 15) is 0 Å². The third-order valence-electron chi connectivity index (χ3n) is 3.90. The number of hydrogen-bond acceptors (Lipinski definition) is 3. The number of nitrogens with one attached hydrogen (secondary N) is 1. The molecule has 0 fully saturated rings. The number of benzene rings is 2. The van der Waals surface area contributed by atoms with Gasteiger partial charge in [-0.3, -0.25) is 0 Å². The number of thiocarbonyl (C=S) groups is 1. The standard InChI is InChI=1S/C19H21NO2S/c1-19(2,3)15-7-5-14(6-8-15)18(23)20-11-13-4-9-16-17(10-13)22-12-21-16/h4-10H,11-12H2,1-3H3,(H,20,23). The Labute approximate surface area is 142 Å². The van der Waals surface area contributed by atoms with Gasteiger partial charge in [0.2, 0.25) is 6.79 Å². The molecule has 0 aromatic heterocycles. The van der Waals surface area contributed by atoms with E-state index in [1.807, 2.05) is 18.2 Å². The molecule has 1 N–H and O–H groups in total. The second-order valence-electron chi connectivity index (χ2n) is 6.70. The van der Waals surface area contributed by atoms with Crippen LogP contribution in [0, 0.1) is 0 Å². The van der Waals surface area contributed by atoms with Crippen LogP contribution < -0.4 is 14.8 Å². The Morgan fingerprint density at radius 2 is 1.74 bits per heavy atom. The zero-order valence-corrected chi connectivity index (χ0v) is 14.5. The first kappa shape index (κ1) is 15.8. The Hall–Kier alpha value is -2.07. The van der Waals surface area contributed by atoms with Crippen LogP contribution in [0.3, 0.4) is 0 Å². The van der Waals surface area contributed by atoms with Crippen LogP contribution in [0.5, 0.6) is 11.5 Å². The van der Waals surface area contributed by atoms with E-state index >= 15 is 0 Å². The lowest BCUT2D eigenvalue weighted by atomic mass is 9.87. The maximum atomic E-state index is 5.49. The summed E-state index contributed by atoms with van der Waals surface area (Å²) >= 11 is 5.49. The summed E-state index contributed by atoms with van der Waals surface area (Å²) in [6.45, 7) is 7.58. The molecule has 0 unspecified atom stereocenters. The van der Waals surface area contributed by atoms with E-state index < -0.39 is 0 Å². The lowest BCUT2D eigenvalue weighted by Gasteiger charge is -2.19. The topological polar surface area (TPSA) is 30.5 Å². The number of fused-ring (bicyclic) bond motifs is 1. The molecule has 0 saturated carbocycles. The van der Waals surface area contributed by atoms with Gasteiger partial charge < -0.3 is 14.8 Å². The summed E-state index contributed by atoms with van der Waals surface area (Å²) in [6, 6.07) is 14.4. The van der Waals surface area contributed by atoms with Crippen molar-refractivity contribution in [3.05, 3.63) is 59.2 Å². The second kappa shape index (κ2) is 6.20. The minimum absolute atomic E-state index is 0.153. The van der Waals surface area contributed by atoms with Gasteiger partial charge in [0.15, 0.2) is 11.5 Å². The summed E-state index contributed by atoms with van der Waals surface area (Å²) < 4.78 is 10.7. The first-order valence-corrected chi connectivity index (χ1v) is 8.11. The van der Waals surface area contributed by atoms with E-state index in [-0.39, 0.29) is 5.41 Å². The Morgan fingerprint density at radius 1 is 1.04 bits per heavy atom. The predicted molar refractivity (Wildman–Crippen MR) is 96.2 cm³/mol. The SMILES string of the molecule is CC(C)(C)c1ccc(C(=S)NCc2ccc3c(c2)OCO3)cc1. The van der Waals surface area contributed by atoms with Gasteiger partial charge in [-0.1, -0.05) is 63.3 Å². The zero-order chi connectivity index (χ0) is 16.4. The molecule has 0 amide bonds. The maximum absolute atomic E-state index is 5.49. The fraction of sp³-hybridized carbons (Fsp3) is 0.316. The molecule has 0 aliphatic carbocycles. The molecule has 23 heavy (non-hydrogen) atoms. The second-order valence-corrected chi connectivity index (χ2v) is 7.11. The summed E-state index contributed by atoms with van der Waals surface area (Å²) in [5.41, 5.74) is 3.61. The van der Waals surface area contributed by atoms with E-state index in [4.69, 9.17) is 21.7 Å². The normalized spacial score (nSPS) is 13.0. The van der Waals surface area contributed by atoms with Crippen molar-refractivity contribution in [1.82, 2.24) is 5.32 Å². The third kappa shape index (κ3) is 3.64. The Morgan fingerprint density at radius 3 is 2.43 bits per heavy atom. The summed E-state index contributed by atoms with van der Waals surface area (Å²) in [4.78, 5) is 0.753. The fourth-order valence-electron chi connectivity index (χ4n) is 2.46. The van der Waals surface area contributed by atoms with Gasteiger partial charge >= 0.3 is 0 Å². The van der Waals surface area contributed by atoms with E-state index in [0.29, 0.717) is 13.3 Å². The number of rotatable bonds is 3. The lowest BCUT2D eigenvalue weighted by Crippen LogP contribution is -2.22. The van der Waals surface area contributed by atoms with Gasteiger partial charge in [0.05, 0.1) is 0 Å². The van der Waals surface area contributed by atoms with Crippen molar-refractivity contribution in [2.75, 3.05) is 6.79 Å². The minimum atomic E-state index is 0.153. The highest BCUT2D eigenvalue weighted by atomic mass is 32.1. The molecule has 120 valence electrons. The molecule has 0 atom stereocenters. The molecule has 3 rings (SSSR count). The number of hydrogen-bond donors (Lipinski definition) is 1. The molecular formula is C19H21NO2S. The summed E-state index contributed by atoms with van der Waals surface area (Å²) in [5, 5.41) is 3.30. The molecule has 0 radical (unpaired) electrons. The molecule has 3 nitrogen and oxygen atoms in total. The average molecular weight is 327 g/mol. The molecular weight excluding hydrogens is 306 g/mol. The highest BCUT2D eigenvalue weighted by Gasteiger charge is 2.14. The van der Waals surface area contributed by atoms with Crippen LogP contribution >= 0.6 is 12.2 Å². The van der Waals surface area contributed by atoms with Crippen LogP contribution in [0.15, 0.2) is 42.5 Å². The van der Waals surface area contributed by atoms with Crippen LogP contribution in [-0.2, 0) is 12.0 Å². The monoisotopic (exact) mass is 327 g/mol. The summed E-state index contributed by atoms with van der Waals surface area (Å²) in [6.07, 6.45) is 0. The Bertz CT molecular complexity index is 717. The summed E-state index contributed by atoms with van der Waals surface area (Å²) in [7, 11) is 0. The van der Waals surface area contributed by atoms with Crippen LogP contribution in [-0.4, -0.2) is 11.8 Å². The lowest BCUT2D eigenvalue weighted by molar-refractivity contribution is 0.174. The van der Waals surface area contributed by atoms with Crippen molar-refractivity contribution in [2.45, 2.75) is 32.7 Å². The highest BCUT2D eigenvalue weighted by molar-refractivity contribution is 7.80. The number of ether oxygens (including phenoxy) is 2. The highest BCUT2D eigenvalue weighted by Crippen LogP contribution is 2.32. The molecule has 2 aromatic carbocycles. The molecule has 1 aliphatic heterocycles. The van der Waals surface area contributed by atoms with Crippen LogP contribution in [0.4, 0.5) is 0 Å². The van der Waals surface area contributed by atoms with E-state index in [1.165, 1.54) is 5.56 Å². The predicted octanol–water partition coefficient (Wildman–Crippen LogP) is 4.18. The maximum Gasteiger partial charge on any atom is 0.231 e. The molecule has 0 bridgehead atoms. The average Bonchev–Trinajstić information content (AvgIpc) is 2.99. The molecule has 4 heteroatoms. The molecule has 0 spiro atoms. The van der Waals surface area contributed by atoms with Crippen molar-refractivity contribution in [3.63, 3.8) is 0 Å². The Balaban J connectivity index is 1.63. The molecule has 0 saturated heterocycles. The van der Waals surface area contributed by atoms with Crippen molar-refractivity contribution < 1.29 is 9.47 Å². The quantitative estimate of drug-likeness (QED) is 0.857. The molecule has 1 heterocycles. The van der Waals surface area contributed by atoms with Gasteiger partial charge in [-0.25, -0.2) is 0 Å². The minimum Gasteiger partial charge on any atom is -0.454 e. The van der Waals surface area contributed by atoms with Gasteiger partial charge in [-0.15, -0.1) is 0 Å². The van der Waals surface area contributed by atoms with Gasteiger partial charge in [-0.05, 0) is 28.7 Å². The largest absolute Gasteiger partial charge is 0.454 e. The van der Waals surface area contributed by atoms with E-state index in [1.54, 1.807) is 0 Å². The first-order chi connectivity index (χ1) is 10.9. The molecule has 2 aromatic rings. The Kier molecular flexibility index (Phi) is 4.26. The van der Waals surface area contributed by atoms with Crippen molar-refractivity contribution in [1.29, 1.82) is 0 Å². The van der Waals surface area contributed by atoms with Crippen molar-refractivity contribution >= 4 is 17.2 Å². The van der Waals surface area contributed by atoms with Crippen LogP contribution in [0.25, 0.3) is 0 Å². The van der Waals surface area contributed by atoms with Gasteiger partial charge in [0.25, 0.3) is 0 Å². The smallest absolute Gasteiger partial charge is 0.231 e. The first-order valence-electron chi connectivity index (χ1n) is 7.71. The van der Waals surface area contributed by atoms with Crippen LogP contribution in [0.2, 0.25) is 0 Å². The fourth-order valence-corrected chi connectivity index (χ4v) is 2.67. The molecule has 1 aliphatic rings. The zero-order valence-electron chi connectivity index (χ0n) is 13.7. The van der Waals surface area contributed by atoms with Crippen molar-refractivity contribution in [2.24, 2.45) is 0 Å². The van der Waals surface area contributed by atoms with E-state index in [2.05, 4.69) is 50.4 Å².